The van der Waals surface area contributed by atoms with Crippen LogP contribution in [-0.2, 0) is 45.1 Å². The van der Waals surface area contributed by atoms with Crippen molar-refractivity contribution < 1.29 is 33.8 Å². The number of aliphatic hydroxyl groups excluding tert-OH is 1. The molecule has 4 rings (SSSR count). The van der Waals surface area contributed by atoms with Crippen molar-refractivity contribution in [3.05, 3.63) is 138 Å². The van der Waals surface area contributed by atoms with Gasteiger partial charge in [-0.05, 0) is 47.4 Å². The fourth-order valence-electron chi connectivity index (χ4n) is 5.84. The molecule has 0 saturated carbocycles. The lowest BCUT2D eigenvalue weighted by molar-refractivity contribution is -0.126. The van der Waals surface area contributed by atoms with Crippen LogP contribution >= 0.6 is 0 Å². The van der Waals surface area contributed by atoms with Crippen molar-refractivity contribution in [3.8, 4) is 0 Å². The Morgan fingerprint density at radius 2 is 0.944 bits per heavy atom. The second-order valence-electron chi connectivity index (χ2n) is 13.8. The van der Waals surface area contributed by atoms with E-state index in [9.17, 15) is 24.3 Å². The third-order valence-electron chi connectivity index (χ3n) is 8.83. The minimum absolute atomic E-state index is 0.0285. The molecule has 5 atom stereocenters. The zero-order valence-corrected chi connectivity index (χ0v) is 31.2. The second kappa shape index (κ2) is 21.1. The maximum absolute atomic E-state index is 13.9. The van der Waals surface area contributed by atoms with Crippen LogP contribution in [0.1, 0.15) is 49.9 Å². The zero-order chi connectivity index (χ0) is 38.9. The normalized spacial score (nSPS) is 13.8. The number of amides is 4. The molecular formula is C42H51N5O7. The highest BCUT2D eigenvalue weighted by Gasteiger charge is 2.35. The number of ether oxygens (including phenoxy) is 2. The largest absolute Gasteiger partial charge is 0.445 e. The van der Waals surface area contributed by atoms with Gasteiger partial charge in [-0.2, -0.15) is 0 Å². The van der Waals surface area contributed by atoms with E-state index in [1.165, 1.54) is 0 Å². The van der Waals surface area contributed by atoms with Gasteiger partial charge in [0.25, 0.3) is 0 Å². The van der Waals surface area contributed by atoms with Gasteiger partial charge in [-0.1, -0.05) is 125 Å². The fourth-order valence-corrected chi connectivity index (χ4v) is 5.84. The molecule has 0 fully saturated rings. The molecule has 5 N–H and O–H groups in total. The Morgan fingerprint density at radius 3 is 1.33 bits per heavy atom. The Kier molecular flexibility index (Phi) is 16.0. The molecule has 0 saturated heterocycles. The van der Waals surface area contributed by atoms with Crippen LogP contribution in [0.4, 0.5) is 9.59 Å². The van der Waals surface area contributed by atoms with Crippen LogP contribution in [0.25, 0.3) is 0 Å². The minimum atomic E-state index is -1.32. The molecule has 4 amide bonds. The van der Waals surface area contributed by atoms with Gasteiger partial charge < -0.3 is 35.8 Å². The monoisotopic (exact) mass is 737 g/mol. The first kappa shape index (κ1) is 41.0. The molecule has 1 heterocycles. The van der Waals surface area contributed by atoms with Crippen molar-refractivity contribution in [3.63, 3.8) is 0 Å². The van der Waals surface area contributed by atoms with Gasteiger partial charge in [0.2, 0.25) is 11.8 Å². The summed E-state index contributed by atoms with van der Waals surface area (Å²) in [6.45, 7) is 7.17. The summed E-state index contributed by atoms with van der Waals surface area (Å²) in [5, 5.41) is 23.5. The van der Waals surface area contributed by atoms with Gasteiger partial charge in [0.1, 0.15) is 25.3 Å². The topological polar surface area (TPSA) is 168 Å². The van der Waals surface area contributed by atoms with Crippen molar-refractivity contribution in [2.75, 3.05) is 0 Å². The predicted octanol–water partition coefficient (Wildman–Crippen LogP) is 5.10. The number of carbonyl (C=O) groups is 4. The number of hydrogen-bond donors (Lipinski definition) is 5. The first-order valence-electron chi connectivity index (χ1n) is 18.2. The van der Waals surface area contributed by atoms with E-state index in [0.29, 0.717) is 5.56 Å². The van der Waals surface area contributed by atoms with Crippen molar-refractivity contribution in [1.82, 2.24) is 26.3 Å². The summed E-state index contributed by atoms with van der Waals surface area (Å²) in [5.74, 6) is -1.73. The lowest BCUT2D eigenvalue weighted by Crippen LogP contribution is -2.61. The third-order valence-corrected chi connectivity index (χ3v) is 8.83. The standard InChI is InChI=1S/C42H51N5O7/c1-28(2)36(46-41(51)53-26-32-19-12-7-13-20-32)39(49)44-34(23-30-15-8-5-9-16-30)38(48)35(24-31-17-10-6-11-18-31)45-40(50)37(29(3)4)47-42(52)54-27-33-21-14-22-43-25-33/h5-22,25,28-29,34-38,48H,23-24,26-27H2,1-4H3,(H,44,49)(H,45,50)(H,46,51)(H,47,52)/t34-,35-,36-,37-,38?/m0/s1. The molecule has 1 aromatic heterocycles. The first-order valence-corrected chi connectivity index (χ1v) is 18.2. The van der Waals surface area contributed by atoms with E-state index in [1.807, 2.05) is 91.0 Å². The molecule has 12 heteroatoms. The maximum atomic E-state index is 13.9. The summed E-state index contributed by atoms with van der Waals surface area (Å²) in [5.41, 5.74) is 3.16. The van der Waals surface area contributed by atoms with Crippen LogP contribution in [-0.4, -0.2) is 64.4 Å². The predicted molar refractivity (Wildman–Crippen MR) is 205 cm³/mol. The molecule has 0 spiro atoms. The highest BCUT2D eigenvalue weighted by molar-refractivity contribution is 5.87. The molecule has 54 heavy (non-hydrogen) atoms. The molecule has 0 radical (unpaired) electrons. The van der Waals surface area contributed by atoms with E-state index in [-0.39, 0.29) is 37.9 Å². The number of alkyl carbamates (subject to hydrolysis) is 2. The van der Waals surface area contributed by atoms with E-state index in [2.05, 4.69) is 26.3 Å². The van der Waals surface area contributed by atoms with Gasteiger partial charge in [0, 0.05) is 18.0 Å². The Bertz CT molecular complexity index is 1620. The summed E-state index contributed by atoms with van der Waals surface area (Å²) in [6, 6.07) is 27.6. The Hall–Kier alpha value is -5.75. The number of pyridine rings is 1. The van der Waals surface area contributed by atoms with Crippen LogP contribution in [0, 0.1) is 11.8 Å². The number of hydrogen-bond acceptors (Lipinski definition) is 8. The number of nitrogens with one attached hydrogen (secondary N) is 4. The zero-order valence-electron chi connectivity index (χ0n) is 31.2. The van der Waals surface area contributed by atoms with Gasteiger partial charge in [-0.25, -0.2) is 9.59 Å². The van der Waals surface area contributed by atoms with Crippen molar-refractivity contribution >= 4 is 24.0 Å². The summed E-state index contributed by atoms with van der Waals surface area (Å²) >= 11 is 0. The van der Waals surface area contributed by atoms with Gasteiger partial charge in [-0.15, -0.1) is 0 Å². The maximum Gasteiger partial charge on any atom is 0.408 e. The quantitative estimate of drug-likeness (QED) is 0.0941. The molecule has 0 aliphatic carbocycles. The molecule has 1 unspecified atom stereocenters. The highest BCUT2D eigenvalue weighted by Crippen LogP contribution is 2.16. The number of rotatable bonds is 18. The average Bonchev–Trinajstić information content (AvgIpc) is 3.17. The highest BCUT2D eigenvalue weighted by atomic mass is 16.6. The van der Waals surface area contributed by atoms with Gasteiger partial charge >= 0.3 is 12.2 Å². The molecule has 3 aromatic carbocycles. The summed E-state index contributed by atoms with van der Waals surface area (Å²) in [6.07, 6.45) is 0.763. The van der Waals surface area contributed by atoms with E-state index in [1.54, 1.807) is 52.2 Å². The van der Waals surface area contributed by atoms with Crippen LogP contribution in [0.2, 0.25) is 0 Å². The molecule has 286 valence electrons. The second-order valence-corrected chi connectivity index (χ2v) is 13.8. The van der Waals surface area contributed by atoms with E-state index in [0.717, 1.165) is 16.7 Å². The average molecular weight is 738 g/mol. The van der Waals surface area contributed by atoms with Crippen molar-refractivity contribution in [2.45, 2.75) is 84.0 Å². The Balaban J connectivity index is 1.54. The smallest absolute Gasteiger partial charge is 0.408 e. The molecular weight excluding hydrogens is 686 g/mol. The Labute approximate surface area is 317 Å². The number of benzene rings is 3. The summed E-state index contributed by atoms with van der Waals surface area (Å²) < 4.78 is 10.7. The third kappa shape index (κ3) is 13.3. The number of aromatic nitrogens is 1. The number of nitrogens with zero attached hydrogens (tertiary/aromatic N) is 1. The van der Waals surface area contributed by atoms with Gasteiger partial charge in [0.15, 0.2) is 0 Å². The van der Waals surface area contributed by atoms with Gasteiger partial charge in [0.05, 0.1) is 18.2 Å². The Morgan fingerprint density at radius 1 is 0.556 bits per heavy atom. The molecule has 0 bridgehead atoms. The molecule has 0 aliphatic heterocycles. The van der Waals surface area contributed by atoms with E-state index < -0.39 is 54.3 Å². The number of aliphatic hydroxyl groups is 1. The molecule has 0 aliphatic rings. The minimum Gasteiger partial charge on any atom is -0.445 e. The van der Waals surface area contributed by atoms with Crippen molar-refractivity contribution in [1.29, 1.82) is 0 Å². The van der Waals surface area contributed by atoms with Crippen molar-refractivity contribution in [2.24, 2.45) is 11.8 Å². The first-order chi connectivity index (χ1) is 26.0. The SMILES string of the molecule is CC(C)[C@H](NC(=O)OCc1ccccc1)C(=O)N[C@@H](Cc1ccccc1)C(O)[C@H](Cc1ccccc1)NC(=O)[C@@H](NC(=O)OCc1cccnc1)C(C)C. The van der Waals surface area contributed by atoms with Gasteiger partial charge in [-0.3, -0.25) is 14.6 Å². The van der Waals surface area contributed by atoms with E-state index in [4.69, 9.17) is 9.47 Å². The lowest BCUT2D eigenvalue weighted by Gasteiger charge is -2.34. The summed E-state index contributed by atoms with van der Waals surface area (Å²) in [4.78, 5) is 57.5. The lowest BCUT2D eigenvalue weighted by atomic mass is 9.91. The summed E-state index contributed by atoms with van der Waals surface area (Å²) in [7, 11) is 0. The van der Waals surface area contributed by atoms with Crippen LogP contribution < -0.4 is 21.3 Å². The van der Waals surface area contributed by atoms with E-state index >= 15 is 0 Å². The van der Waals surface area contributed by atoms with Crippen LogP contribution in [0.15, 0.2) is 116 Å². The molecule has 4 aromatic rings. The fraction of sp³-hybridized carbons (Fsp3) is 0.357. The number of carbonyl (C=O) groups excluding carboxylic acids is 4. The van der Waals surface area contributed by atoms with Crippen LogP contribution in [0.5, 0.6) is 0 Å². The molecule has 12 nitrogen and oxygen atoms in total. The van der Waals surface area contributed by atoms with Crippen LogP contribution in [0.3, 0.4) is 0 Å².